The van der Waals surface area contributed by atoms with Crippen molar-refractivity contribution in [3.63, 3.8) is 0 Å². The van der Waals surface area contributed by atoms with Crippen LogP contribution in [0.5, 0.6) is 0 Å². The van der Waals surface area contributed by atoms with E-state index in [-0.39, 0.29) is 6.10 Å². The van der Waals surface area contributed by atoms with Gasteiger partial charge in [0.25, 0.3) is 0 Å². The Morgan fingerprint density at radius 2 is 2.47 bits per heavy atom. The van der Waals surface area contributed by atoms with E-state index in [9.17, 15) is 5.11 Å². The Morgan fingerprint density at radius 3 is 3.20 bits per heavy atom. The van der Waals surface area contributed by atoms with Crippen LogP contribution in [0.2, 0.25) is 0 Å². The van der Waals surface area contributed by atoms with Crippen LogP contribution in [0.3, 0.4) is 0 Å². The molecular formula is C10H18N4O. The number of hydrogen-bond acceptors (Lipinski definition) is 4. The Balaban J connectivity index is 1.96. The zero-order valence-electron chi connectivity index (χ0n) is 9.13. The molecule has 2 heterocycles. The molecule has 1 N–H and O–H groups in total. The summed E-state index contributed by atoms with van der Waals surface area (Å²) < 4.78 is 1.90. The quantitative estimate of drug-likeness (QED) is 0.777. The molecule has 1 aromatic heterocycles. The summed E-state index contributed by atoms with van der Waals surface area (Å²) in [5, 5.41) is 13.7. The highest BCUT2D eigenvalue weighted by Crippen LogP contribution is 2.12. The van der Waals surface area contributed by atoms with Crippen LogP contribution in [0.15, 0.2) is 6.33 Å². The molecule has 5 nitrogen and oxygen atoms in total. The van der Waals surface area contributed by atoms with Gasteiger partial charge in [0.1, 0.15) is 12.2 Å². The fourth-order valence-corrected chi connectivity index (χ4v) is 2.05. The van der Waals surface area contributed by atoms with Gasteiger partial charge in [-0.2, -0.15) is 5.10 Å². The zero-order chi connectivity index (χ0) is 10.7. The normalized spacial score (nSPS) is 23.2. The van der Waals surface area contributed by atoms with Gasteiger partial charge in [0, 0.05) is 13.1 Å². The molecule has 1 unspecified atom stereocenters. The van der Waals surface area contributed by atoms with Crippen LogP contribution in [0.25, 0.3) is 0 Å². The predicted octanol–water partition coefficient (Wildman–Crippen LogP) is 0.255. The lowest BCUT2D eigenvalue weighted by molar-refractivity contribution is 0.0648. The van der Waals surface area contributed by atoms with E-state index in [1.54, 1.807) is 6.33 Å². The second kappa shape index (κ2) is 4.72. The molecule has 0 aliphatic carbocycles. The third-order valence-corrected chi connectivity index (χ3v) is 2.84. The highest BCUT2D eigenvalue weighted by atomic mass is 16.3. The van der Waals surface area contributed by atoms with Gasteiger partial charge in [-0.15, -0.1) is 0 Å². The maximum Gasteiger partial charge on any atom is 0.140 e. The highest BCUT2D eigenvalue weighted by Gasteiger charge is 2.19. The monoisotopic (exact) mass is 210 g/mol. The lowest BCUT2D eigenvalue weighted by Crippen LogP contribution is -2.38. The van der Waals surface area contributed by atoms with Crippen LogP contribution in [-0.4, -0.2) is 44.0 Å². The van der Waals surface area contributed by atoms with E-state index in [2.05, 4.69) is 21.9 Å². The predicted molar refractivity (Wildman–Crippen MR) is 56.2 cm³/mol. The minimum atomic E-state index is -0.170. The van der Waals surface area contributed by atoms with E-state index in [4.69, 9.17) is 0 Å². The first-order valence-electron chi connectivity index (χ1n) is 5.56. The molecule has 84 valence electrons. The molecule has 1 aliphatic rings. The number of β-amino-alcohol motifs (C(OH)–C–C–N with tert-alkyl or cyclic N) is 1. The standard InChI is InChI=1S/C10H18N4O/c1-2-14-10(11-8-12-14)7-13-5-3-4-9(15)6-13/h8-9,15H,2-7H2,1H3. The number of aliphatic hydroxyl groups is 1. The number of aromatic nitrogens is 3. The number of aryl methyl sites for hydroxylation is 1. The third kappa shape index (κ3) is 2.54. The van der Waals surface area contributed by atoms with Crippen molar-refractivity contribution in [1.82, 2.24) is 19.7 Å². The minimum Gasteiger partial charge on any atom is -0.392 e. The van der Waals surface area contributed by atoms with E-state index in [1.807, 2.05) is 4.68 Å². The van der Waals surface area contributed by atoms with Crippen molar-refractivity contribution in [2.75, 3.05) is 13.1 Å². The van der Waals surface area contributed by atoms with Gasteiger partial charge in [0.05, 0.1) is 12.6 Å². The van der Waals surface area contributed by atoms with Gasteiger partial charge >= 0.3 is 0 Å². The molecule has 0 saturated carbocycles. The van der Waals surface area contributed by atoms with Crippen molar-refractivity contribution in [2.24, 2.45) is 0 Å². The molecule has 0 bridgehead atoms. The van der Waals surface area contributed by atoms with Crippen molar-refractivity contribution >= 4 is 0 Å². The van der Waals surface area contributed by atoms with Gasteiger partial charge < -0.3 is 5.11 Å². The number of likely N-dealkylation sites (tertiary alicyclic amines) is 1. The Morgan fingerprint density at radius 1 is 1.60 bits per heavy atom. The molecule has 2 rings (SSSR count). The van der Waals surface area contributed by atoms with Crippen molar-refractivity contribution in [3.8, 4) is 0 Å². The van der Waals surface area contributed by atoms with Gasteiger partial charge in [0.2, 0.25) is 0 Å². The lowest BCUT2D eigenvalue weighted by Gasteiger charge is -2.29. The summed E-state index contributed by atoms with van der Waals surface area (Å²) in [6.07, 6.45) is 3.43. The second-order valence-electron chi connectivity index (χ2n) is 4.02. The van der Waals surface area contributed by atoms with Crippen LogP contribution in [0, 0.1) is 0 Å². The van der Waals surface area contributed by atoms with Crippen molar-refractivity contribution in [1.29, 1.82) is 0 Å². The average molecular weight is 210 g/mol. The summed E-state index contributed by atoms with van der Waals surface area (Å²) in [5.74, 6) is 0.992. The van der Waals surface area contributed by atoms with Gasteiger partial charge in [-0.25, -0.2) is 9.67 Å². The molecule has 1 aliphatic heterocycles. The van der Waals surface area contributed by atoms with Gasteiger partial charge in [-0.3, -0.25) is 4.90 Å². The number of aliphatic hydroxyl groups excluding tert-OH is 1. The van der Waals surface area contributed by atoms with Gasteiger partial charge in [-0.05, 0) is 26.3 Å². The van der Waals surface area contributed by atoms with Crippen LogP contribution in [0.4, 0.5) is 0 Å². The fraction of sp³-hybridized carbons (Fsp3) is 0.800. The van der Waals surface area contributed by atoms with Crippen LogP contribution in [-0.2, 0) is 13.1 Å². The smallest absolute Gasteiger partial charge is 0.140 e. The minimum absolute atomic E-state index is 0.170. The van der Waals surface area contributed by atoms with Crippen LogP contribution < -0.4 is 0 Å². The molecular weight excluding hydrogens is 192 g/mol. The van der Waals surface area contributed by atoms with Crippen molar-refractivity contribution in [3.05, 3.63) is 12.2 Å². The van der Waals surface area contributed by atoms with E-state index in [1.165, 1.54) is 0 Å². The number of nitrogens with zero attached hydrogens (tertiary/aromatic N) is 4. The summed E-state index contributed by atoms with van der Waals surface area (Å²) in [6, 6.07) is 0. The lowest BCUT2D eigenvalue weighted by atomic mass is 10.1. The molecule has 1 saturated heterocycles. The Hall–Kier alpha value is -0.940. The number of hydrogen-bond donors (Lipinski definition) is 1. The fourth-order valence-electron chi connectivity index (χ4n) is 2.05. The Bertz CT molecular complexity index is 312. The molecule has 0 spiro atoms. The largest absolute Gasteiger partial charge is 0.392 e. The Labute approximate surface area is 89.7 Å². The summed E-state index contributed by atoms with van der Waals surface area (Å²) in [7, 11) is 0. The van der Waals surface area contributed by atoms with Gasteiger partial charge in [0.15, 0.2) is 0 Å². The SMILES string of the molecule is CCn1ncnc1CN1CCCC(O)C1. The zero-order valence-corrected chi connectivity index (χ0v) is 9.13. The number of rotatable bonds is 3. The maximum atomic E-state index is 9.55. The molecule has 15 heavy (non-hydrogen) atoms. The first-order valence-corrected chi connectivity index (χ1v) is 5.56. The first-order chi connectivity index (χ1) is 7.29. The summed E-state index contributed by atoms with van der Waals surface area (Å²) in [4.78, 5) is 6.48. The second-order valence-corrected chi connectivity index (χ2v) is 4.02. The summed E-state index contributed by atoms with van der Waals surface area (Å²) in [6.45, 7) is 5.52. The third-order valence-electron chi connectivity index (χ3n) is 2.84. The van der Waals surface area contributed by atoms with E-state index < -0.39 is 0 Å². The molecule has 0 amide bonds. The molecule has 1 fully saturated rings. The molecule has 0 aromatic carbocycles. The number of piperidine rings is 1. The van der Waals surface area contributed by atoms with Gasteiger partial charge in [-0.1, -0.05) is 0 Å². The average Bonchev–Trinajstić information content (AvgIpc) is 2.65. The highest BCUT2D eigenvalue weighted by molar-refractivity contribution is 4.86. The van der Waals surface area contributed by atoms with E-state index >= 15 is 0 Å². The summed E-state index contributed by atoms with van der Waals surface area (Å²) in [5.41, 5.74) is 0. The maximum absolute atomic E-state index is 9.55. The van der Waals surface area contributed by atoms with E-state index in [0.29, 0.717) is 0 Å². The van der Waals surface area contributed by atoms with E-state index in [0.717, 1.165) is 44.8 Å². The van der Waals surface area contributed by atoms with Crippen molar-refractivity contribution < 1.29 is 5.11 Å². The molecule has 5 heteroatoms. The van der Waals surface area contributed by atoms with Crippen molar-refractivity contribution in [2.45, 2.75) is 39.0 Å². The van der Waals surface area contributed by atoms with Crippen LogP contribution >= 0.6 is 0 Å². The first kappa shape index (κ1) is 10.6. The Kier molecular flexibility index (Phi) is 3.33. The molecule has 0 radical (unpaired) electrons. The summed E-state index contributed by atoms with van der Waals surface area (Å²) >= 11 is 0. The topological polar surface area (TPSA) is 54.2 Å². The molecule has 1 atom stereocenters. The molecule has 1 aromatic rings. The van der Waals surface area contributed by atoms with Crippen LogP contribution in [0.1, 0.15) is 25.6 Å².